The van der Waals surface area contributed by atoms with Crippen LogP contribution in [0.3, 0.4) is 0 Å². The van der Waals surface area contributed by atoms with Gasteiger partial charge in [0.1, 0.15) is 17.4 Å². The summed E-state index contributed by atoms with van der Waals surface area (Å²) in [7, 11) is 0. The van der Waals surface area contributed by atoms with E-state index in [-0.39, 0.29) is 24.1 Å². The Balaban J connectivity index is 1.56. The standard InChI is InChI=1S/C28H27N3O3/c1-19-9-12-25(15-20(19)2)31-28(33)24(17-29)16-22-10-13-26(14-11-22)34-18-27(32)30-21(3)23-7-5-4-6-8-23/h4-16,21H,18H2,1-3H3,(H,30,32)(H,31,33)/b24-16+/t21-/m0/s1. The summed E-state index contributed by atoms with van der Waals surface area (Å²) in [6.45, 7) is 5.75. The molecule has 172 valence electrons. The second-order valence-electron chi connectivity index (χ2n) is 7.98. The van der Waals surface area contributed by atoms with Crippen molar-refractivity contribution in [2.75, 3.05) is 11.9 Å². The normalized spacial score (nSPS) is 11.8. The number of carbonyl (C=O) groups excluding carboxylic acids is 2. The molecule has 2 N–H and O–H groups in total. The highest BCUT2D eigenvalue weighted by Gasteiger charge is 2.11. The lowest BCUT2D eigenvalue weighted by atomic mass is 10.1. The lowest BCUT2D eigenvalue weighted by molar-refractivity contribution is -0.123. The van der Waals surface area contributed by atoms with E-state index in [0.717, 1.165) is 16.7 Å². The van der Waals surface area contributed by atoms with Gasteiger partial charge in [0.15, 0.2) is 6.61 Å². The molecule has 0 spiro atoms. The molecule has 0 radical (unpaired) electrons. The maximum Gasteiger partial charge on any atom is 0.266 e. The SMILES string of the molecule is Cc1ccc(NC(=O)/C(C#N)=C/c2ccc(OCC(=O)N[C@@H](C)c3ccccc3)cc2)cc1C. The predicted octanol–water partition coefficient (Wildman–Crippen LogP) is 5.11. The molecule has 0 fully saturated rings. The lowest BCUT2D eigenvalue weighted by Crippen LogP contribution is -2.31. The number of hydrogen-bond acceptors (Lipinski definition) is 4. The number of aryl methyl sites for hydroxylation is 2. The van der Waals surface area contributed by atoms with E-state index in [9.17, 15) is 14.9 Å². The molecule has 6 heteroatoms. The molecule has 3 rings (SSSR count). The Labute approximate surface area is 199 Å². The first kappa shape index (κ1) is 24.3. The van der Waals surface area contributed by atoms with Gasteiger partial charge in [0.05, 0.1) is 6.04 Å². The molecule has 0 heterocycles. The van der Waals surface area contributed by atoms with E-state index < -0.39 is 5.91 Å². The topological polar surface area (TPSA) is 91.2 Å². The van der Waals surface area contributed by atoms with Crippen molar-refractivity contribution in [3.05, 3.63) is 101 Å². The third-order valence-electron chi connectivity index (χ3n) is 5.37. The molecule has 0 bridgehead atoms. The van der Waals surface area contributed by atoms with E-state index in [4.69, 9.17) is 4.74 Å². The van der Waals surface area contributed by atoms with Crippen molar-refractivity contribution >= 4 is 23.6 Å². The third kappa shape index (κ3) is 6.81. The van der Waals surface area contributed by atoms with E-state index in [0.29, 0.717) is 17.0 Å². The zero-order chi connectivity index (χ0) is 24.5. The maximum absolute atomic E-state index is 12.5. The molecule has 0 saturated heterocycles. The highest BCUT2D eigenvalue weighted by molar-refractivity contribution is 6.09. The molecule has 6 nitrogen and oxygen atoms in total. The molecule has 1 atom stereocenters. The number of hydrogen-bond donors (Lipinski definition) is 2. The smallest absolute Gasteiger partial charge is 0.266 e. The van der Waals surface area contributed by atoms with Crippen LogP contribution in [0.15, 0.2) is 78.4 Å². The fourth-order valence-corrected chi connectivity index (χ4v) is 3.25. The van der Waals surface area contributed by atoms with Crippen molar-refractivity contribution in [2.24, 2.45) is 0 Å². The van der Waals surface area contributed by atoms with Crippen LogP contribution in [-0.4, -0.2) is 18.4 Å². The Morgan fingerprint density at radius 1 is 1.00 bits per heavy atom. The Kier molecular flexibility index (Phi) is 8.20. The van der Waals surface area contributed by atoms with Crippen molar-refractivity contribution in [1.29, 1.82) is 5.26 Å². The second-order valence-corrected chi connectivity index (χ2v) is 7.98. The third-order valence-corrected chi connectivity index (χ3v) is 5.37. The van der Waals surface area contributed by atoms with Crippen molar-refractivity contribution in [3.63, 3.8) is 0 Å². The number of rotatable bonds is 8. The van der Waals surface area contributed by atoms with Crippen LogP contribution in [0.1, 0.15) is 35.2 Å². The van der Waals surface area contributed by atoms with Gasteiger partial charge >= 0.3 is 0 Å². The number of benzene rings is 3. The summed E-state index contributed by atoms with van der Waals surface area (Å²) in [5.41, 5.74) is 4.49. The fourth-order valence-electron chi connectivity index (χ4n) is 3.25. The molecule has 0 aliphatic carbocycles. The first-order chi connectivity index (χ1) is 16.4. The summed E-state index contributed by atoms with van der Waals surface area (Å²) in [6.07, 6.45) is 1.51. The molecule has 3 aromatic rings. The van der Waals surface area contributed by atoms with Gasteiger partial charge in [-0.1, -0.05) is 48.5 Å². The van der Waals surface area contributed by atoms with Crippen LogP contribution in [0.5, 0.6) is 5.75 Å². The van der Waals surface area contributed by atoms with Crippen molar-refractivity contribution in [3.8, 4) is 11.8 Å². The van der Waals surface area contributed by atoms with E-state index in [1.54, 1.807) is 30.3 Å². The number of nitriles is 1. The van der Waals surface area contributed by atoms with Gasteiger partial charge < -0.3 is 15.4 Å². The lowest BCUT2D eigenvalue weighted by Gasteiger charge is -2.14. The van der Waals surface area contributed by atoms with E-state index in [2.05, 4.69) is 10.6 Å². The first-order valence-electron chi connectivity index (χ1n) is 10.9. The average molecular weight is 454 g/mol. The van der Waals surface area contributed by atoms with Gasteiger partial charge in [0.2, 0.25) is 0 Å². The number of nitrogens with zero attached hydrogens (tertiary/aromatic N) is 1. The monoisotopic (exact) mass is 453 g/mol. The molecule has 0 aromatic heterocycles. The first-order valence-corrected chi connectivity index (χ1v) is 10.9. The predicted molar refractivity (Wildman–Crippen MR) is 133 cm³/mol. The van der Waals surface area contributed by atoms with Gasteiger partial charge in [-0.25, -0.2) is 0 Å². The average Bonchev–Trinajstić information content (AvgIpc) is 2.84. The molecule has 0 aliphatic heterocycles. The van der Waals surface area contributed by atoms with Gasteiger partial charge in [0, 0.05) is 5.69 Å². The second kappa shape index (κ2) is 11.5. The van der Waals surface area contributed by atoms with Gasteiger partial charge in [-0.15, -0.1) is 0 Å². The Hall–Kier alpha value is -4.37. The zero-order valence-electron chi connectivity index (χ0n) is 19.5. The van der Waals surface area contributed by atoms with Gasteiger partial charge in [-0.2, -0.15) is 5.26 Å². The zero-order valence-corrected chi connectivity index (χ0v) is 19.5. The molecule has 3 aromatic carbocycles. The summed E-state index contributed by atoms with van der Waals surface area (Å²) in [5.74, 6) is -0.192. The summed E-state index contributed by atoms with van der Waals surface area (Å²) in [6, 6.07) is 23.9. The van der Waals surface area contributed by atoms with Gasteiger partial charge in [-0.05, 0) is 73.4 Å². The Morgan fingerprint density at radius 2 is 1.71 bits per heavy atom. The Morgan fingerprint density at radius 3 is 2.35 bits per heavy atom. The largest absolute Gasteiger partial charge is 0.484 e. The molecular formula is C28H27N3O3. The highest BCUT2D eigenvalue weighted by atomic mass is 16.5. The van der Waals surface area contributed by atoms with Crippen LogP contribution < -0.4 is 15.4 Å². The van der Waals surface area contributed by atoms with Crippen LogP contribution in [0.4, 0.5) is 5.69 Å². The molecule has 2 amide bonds. The molecule has 0 aliphatic rings. The number of anilines is 1. The number of ether oxygens (including phenoxy) is 1. The molecule has 34 heavy (non-hydrogen) atoms. The molecule has 0 saturated carbocycles. The van der Waals surface area contributed by atoms with Crippen LogP contribution in [0, 0.1) is 25.2 Å². The van der Waals surface area contributed by atoms with Crippen molar-refractivity contribution in [1.82, 2.24) is 5.32 Å². The minimum absolute atomic E-state index is 0.0128. The summed E-state index contributed by atoms with van der Waals surface area (Å²) < 4.78 is 5.56. The van der Waals surface area contributed by atoms with Crippen LogP contribution in [0.25, 0.3) is 6.08 Å². The van der Waals surface area contributed by atoms with E-state index in [1.807, 2.05) is 69.3 Å². The maximum atomic E-state index is 12.5. The molecule has 0 unspecified atom stereocenters. The van der Waals surface area contributed by atoms with Crippen molar-refractivity contribution < 1.29 is 14.3 Å². The number of amides is 2. The van der Waals surface area contributed by atoms with Crippen LogP contribution >= 0.6 is 0 Å². The van der Waals surface area contributed by atoms with Crippen LogP contribution in [0.2, 0.25) is 0 Å². The Bertz CT molecular complexity index is 1230. The quantitative estimate of drug-likeness (QED) is 0.366. The minimum Gasteiger partial charge on any atom is -0.484 e. The fraction of sp³-hybridized carbons (Fsp3) is 0.179. The van der Waals surface area contributed by atoms with Gasteiger partial charge in [-0.3, -0.25) is 9.59 Å². The van der Waals surface area contributed by atoms with Crippen LogP contribution in [-0.2, 0) is 9.59 Å². The highest BCUT2D eigenvalue weighted by Crippen LogP contribution is 2.18. The van der Waals surface area contributed by atoms with E-state index >= 15 is 0 Å². The van der Waals surface area contributed by atoms with E-state index in [1.165, 1.54) is 6.08 Å². The minimum atomic E-state index is -0.477. The van der Waals surface area contributed by atoms with Crippen molar-refractivity contribution in [2.45, 2.75) is 26.8 Å². The molecular weight excluding hydrogens is 426 g/mol. The number of carbonyl (C=O) groups is 2. The summed E-state index contributed by atoms with van der Waals surface area (Å²) in [4.78, 5) is 24.7. The summed E-state index contributed by atoms with van der Waals surface area (Å²) >= 11 is 0. The summed E-state index contributed by atoms with van der Waals surface area (Å²) in [5, 5.41) is 15.1. The number of nitrogens with one attached hydrogen (secondary N) is 2. The van der Waals surface area contributed by atoms with Gasteiger partial charge in [0.25, 0.3) is 11.8 Å².